The van der Waals surface area contributed by atoms with Gasteiger partial charge in [-0.05, 0) is 47.5 Å². The lowest BCUT2D eigenvalue weighted by Crippen LogP contribution is -2.29. The number of amides is 1. The zero-order valence-corrected chi connectivity index (χ0v) is 24.1. The van der Waals surface area contributed by atoms with Crippen molar-refractivity contribution in [2.75, 3.05) is 12.0 Å². The number of nitro benzene ring substituents is 1. The summed E-state index contributed by atoms with van der Waals surface area (Å²) < 4.78 is 5.64. The van der Waals surface area contributed by atoms with Gasteiger partial charge in [0.1, 0.15) is 11.5 Å². The van der Waals surface area contributed by atoms with Crippen molar-refractivity contribution in [1.82, 2.24) is 10.2 Å². The smallest absolute Gasteiger partial charge is 0.301 e. The maximum Gasteiger partial charge on any atom is 0.301 e. The lowest BCUT2D eigenvalue weighted by Gasteiger charge is -2.22. The average Bonchev–Trinajstić information content (AvgIpc) is 3.54. The van der Waals surface area contributed by atoms with Crippen LogP contribution in [0.4, 0.5) is 10.8 Å². The van der Waals surface area contributed by atoms with Crippen molar-refractivity contribution in [1.29, 1.82) is 0 Å². The lowest BCUT2D eigenvalue weighted by molar-refractivity contribution is -0.384. The van der Waals surface area contributed by atoms with Crippen LogP contribution in [0.5, 0.6) is 5.75 Å². The first kappa shape index (κ1) is 28.6. The standard InChI is InChI=1S/C27H18Cl2N4O6S2/c1-39-19-9-6-14(7-10-19)23(34)21-22(15-3-2-4-18(11-15)33(37)38)32(25(36)24(21)35)26-30-31-27(41-26)40-13-16-5-8-17(28)12-20(16)29/h2-12,22,34H,13H2,1H3/b23-21-. The summed E-state index contributed by atoms with van der Waals surface area (Å²) in [6.45, 7) is 0. The Labute approximate surface area is 251 Å². The van der Waals surface area contributed by atoms with Crippen LogP contribution in [0.25, 0.3) is 5.76 Å². The minimum Gasteiger partial charge on any atom is -0.507 e. The summed E-state index contributed by atoms with van der Waals surface area (Å²) in [6.07, 6.45) is 0. The number of thioether (sulfide) groups is 1. The number of ether oxygens (including phenoxy) is 1. The zero-order valence-electron chi connectivity index (χ0n) is 21.0. The highest BCUT2D eigenvalue weighted by Crippen LogP contribution is 2.44. The first-order valence-corrected chi connectivity index (χ1v) is 14.3. The Morgan fingerprint density at radius 1 is 1.12 bits per heavy atom. The maximum absolute atomic E-state index is 13.4. The summed E-state index contributed by atoms with van der Waals surface area (Å²) in [5.41, 5.74) is 0.830. The van der Waals surface area contributed by atoms with E-state index in [9.17, 15) is 24.8 Å². The minimum atomic E-state index is -1.20. The fourth-order valence-corrected chi connectivity index (χ4v) is 6.62. The molecule has 1 N–H and O–H groups in total. The lowest BCUT2D eigenvalue weighted by atomic mass is 9.95. The van der Waals surface area contributed by atoms with Gasteiger partial charge in [-0.25, -0.2) is 0 Å². The second kappa shape index (κ2) is 11.9. The molecule has 0 aliphatic carbocycles. The summed E-state index contributed by atoms with van der Waals surface area (Å²) >= 11 is 14.6. The number of carbonyl (C=O) groups excluding carboxylic acids is 2. The monoisotopic (exact) mass is 628 g/mol. The van der Waals surface area contributed by atoms with Gasteiger partial charge in [0.2, 0.25) is 5.13 Å². The molecule has 0 saturated carbocycles. The number of halogens is 2. The van der Waals surface area contributed by atoms with E-state index < -0.39 is 28.4 Å². The molecule has 1 unspecified atom stereocenters. The van der Waals surface area contributed by atoms with Crippen molar-refractivity contribution in [3.8, 4) is 5.75 Å². The van der Waals surface area contributed by atoms with Gasteiger partial charge in [0.15, 0.2) is 4.34 Å². The van der Waals surface area contributed by atoms with Crippen molar-refractivity contribution < 1.29 is 24.4 Å². The molecule has 5 rings (SSSR count). The van der Waals surface area contributed by atoms with Gasteiger partial charge in [0.25, 0.3) is 11.5 Å². The number of Topliss-reactive ketones (excluding diaryl/α,β-unsaturated/α-hetero) is 1. The number of anilines is 1. The van der Waals surface area contributed by atoms with E-state index in [-0.39, 0.29) is 27.5 Å². The molecule has 4 aromatic rings. The molecule has 0 bridgehead atoms. The van der Waals surface area contributed by atoms with E-state index >= 15 is 0 Å². The molecule has 1 aromatic heterocycles. The summed E-state index contributed by atoms with van der Waals surface area (Å²) in [7, 11) is 1.49. The molecule has 208 valence electrons. The van der Waals surface area contributed by atoms with Crippen LogP contribution in [0, 0.1) is 10.1 Å². The summed E-state index contributed by atoms with van der Waals surface area (Å²) in [5.74, 6) is -1.40. The van der Waals surface area contributed by atoms with E-state index in [0.29, 0.717) is 25.9 Å². The normalized spacial score (nSPS) is 16.3. The molecule has 14 heteroatoms. The van der Waals surface area contributed by atoms with E-state index in [1.807, 2.05) is 0 Å². The Kier molecular flexibility index (Phi) is 8.27. The number of benzene rings is 3. The second-order valence-corrected chi connectivity index (χ2v) is 11.6. The number of methoxy groups -OCH3 is 1. The van der Waals surface area contributed by atoms with Gasteiger partial charge in [-0.1, -0.05) is 64.5 Å². The highest BCUT2D eigenvalue weighted by Gasteiger charge is 2.48. The van der Waals surface area contributed by atoms with Gasteiger partial charge in [-0.3, -0.25) is 24.6 Å². The number of hydrogen-bond donors (Lipinski definition) is 1. The van der Waals surface area contributed by atoms with Crippen molar-refractivity contribution in [3.63, 3.8) is 0 Å². The van der Waals surface area contributed by atoms with Crippen LogP contribution in [-0.4, -0.2) is 39.0 Å². The Hall–Kier alpha value is -3.97. The van der Waals surface area contributed by atoms with Crippen molar-refractivity contribution >= 4 is 74.6 Å². The number of carbonyl (C=O) groups is 2. The van der Waals surface area contributed by atoms with E-state index in [2.05, 4.69) is 10.2 Å². The molecule has 2 heterocycles. The number of aromatic nitrogens is 2. The van der Waals surface area contributed by atoms with Crippen LogP contribution in [0.1, 0.15) is 22.7 Å². The summed E-state index contributed by atoms with van der Waals surface area (Å²) in [5, 5.41) is 32.2. The fraction of sp³-hybridized carbons (Fsp3) is 0.111. The molecule has 1 amide bonds. The Morgan fingerprint density at radius 3 is 2.56 bits per heavy atom. The van der Waals surface area contributed by atoms with Crippen LogP contribution >= 0.6 is 46.3 Å². The molecular formula is C27H18Cl2N4O6S2. The van der Waals surface area contributed by atoms with Gasteiger partial charge < -0.3 is 9.84 Å². The SMILES string of the molecule is COc1ccc(/C(O)=C2/C(=O)C(=O)N(c3nnc(SCc4ccc(Cl)cc4Cl)s3)C2c2cccc([N+](=O)[O-])c2)cc1. The topological polar surface area (TPSA) is 136 Å². The van der Waals surface area contributed by atoms with Crippen LogP contribution < -0.4 is 9.64 Å². The molecule has 3 aromatic carbocycles. The van der Waals surface area contributed by atoms with E-state index in [1.54, 1.807) is 30.3 Å². The number of aliphatic hydroxyl groups excluding tert-OH is 1. The Bertz CT molecular complexity index is 1710. The number of hydrogen-bond acceptors (Lipinski definition) is 10. The zero-order chi connectivity index (χ0) is 29.3. The van der Waals surface area contributed by atoms with Gasteiger partial charge >= 0.3 is 5.91 Å². The molecule has 1 aliphatic rings. The second-order valence-electron chi connectivity index (χ2n) is 8.62. The number of non-ortho nitro benzene ring substituents is 1. The predicted octanol–water partition coefficient (Wildman–Crippen LogP) is 6.68. The molecule has 1 fully saturated rings. The Balaban J connectivity index is 1.56. The maximum atomic E-state index is 13.4. The number of rotatable bonds is 8. The third kappa shape index (κ3) is 5.77. The van der Waals surface area contributed by atoms with Gasteiger partial charge in [0.05, 0.1) is 23.6 Å². The van der Waals surface area contributed by atoms with Crippen LogP contribution in [-0.2, 0) is 15.3 Å². The number of ketones is 1. The van der Waals surface area contributed by atoms with Crippen LogP contribution in [0.15, 0.2) is 76.6 Å². The highest BCUT2D eigenvalue weighted by molar-refractivity contribution is 8.00. The third-order valence-corrected chi connectivity index (χ3v) is 8.86. The first-order valence-electron chi connectivity index (χ1n) is 11.8. The largest absolute Gasteiger partial charge is 0.507 e. The van der Waals surface area contributed by atoms with Gasteiger partial charge in [-0.2, -0.15) is 0 Å². The van der Waals surface area contributed by atoms with Gasteiger partial charge in [-0.15, -0.1) is 10.2 Å². The third-order valence-electron chi connectivity index (χ3n) is 6.17. The average molecular weight is 630 g/mol. The van der Waals surface area contributed by atoms with E-state index in [0.717, 1.165) is 21.8 Å². The van der Waals surface area contributed by atoms with Crippen LogP contribution in [0.2, 0.25) is 10.0 Å². The van der Waals surface area contributed by atoms with E-state index in [1.165, 1.54) is 55.3 Å². The summed E-state index contributed by atoms with van der Waals surface area (Å²) in [4.78, 5) is 38.8. The first-order chi connectivity index (χ1) is 19.7. The Morgan fingerprint density at radius 2 is 1.88 bits per heavy atom. The number of nitro groups is 1. The quantitative estimate of drug-likeness (QED) is 0.0431. The fourth-order valence-electron chi connectivity index (χ4n) is 4.19. The van der Waals surface area contributed by atoms with Crippen molar-refractivity contribution in [3.05, 3.63) is 109 Å². The minimum absolute atomic E-state index is 0.0853. The van der Waals surface area contributed by atoms with Crippen molar-refractivity contribution in [2.45, 2.75) is 16.1 Å². The molecule has 41 heavy (non-hydrogen) atoms. The molecule has 0 spiro atoms. The summed E-state index contributed by atoms with van der Waals surface area (Å²) in [6, 6.07) is 15.7. The molecule has 10 nitrogen and oxygen atoms in total. The molecule has 0 radical (unpaired) electrons. The predicted molar refractivity (Wildman–Crippen MR) is 157 cm³/mol. The van der Waals surface area contributed by atoms with Gasteiger partial charge in [0, 0.05) is 33.5 Å². The molecule has 1 saturated heterocycles. The molecule has 1 atom stereocenters. The van der Waals surface area contributed by atoms with Crippen molar-refractivity contribution in [2.24, 2.45) is 0 Å². The number of aliphatic hydroxyl groups is 1. The van der Waals surface area contributed by atoms with E-state index in [4.69, 9.17) is 27.9 Å². The highest BCUT2D eigenvalue weighted by atomic mass is 35.5. The number of nitrogens with zero attached hydrogens (tertiary/aromatic N) is 4. The molecule has 1 aliphatic heterocycles. The molecular weight excluding hydrogens is 611 g/mol. The van der Waals surface area contributed by atoms with Crippen LogP contribution in [0.3, 0.4) is 0 Å².